The fraction of sp³-hybridized carbons (Fsp3) is 0.125. The number of hydrogen-bond donors (Lipinski definition) is 1. The summed E-state index contributed by atoms with van der Waals surface area (Å²) in [4.78, 5) is 0. The molecule has 5 heteroatoms. The molecule has 3 aromatic rings. The predicted octanol–water partition coefficient (Wildman–Crippen LogP) is 3.80. The van der Waals surface area contributed by atoms with Gasteiger partial charge in [0.2, 0.25) is 11.8 Å². The van der Waals surface area contributed by atoms with Crippen LogP contribution in [0.2, 0.25) is 0 Å². The highest BCUT2D eigenvalue weighted by atomic mass is 19.1. The molecule has 2 aromatic carbocycles. The van der Waals surface area contributed by atoms with Crippen molar-refractivity contribution in [1.29, 1.82) is 0 Å². The van der Waals surface area contributed by atoms with Gasteiger partial charge in [0, 0.05) is 11.3 Å². The lowest BCUT2D eigenvalue weighted by atomic mass is 10.1. The fourth-order valence-electron chi connectivity index (χ4n) is 2.02. The maximum absolute atomic E-state index is 13.1. The Kier molecular flexibility index (Phi) is 3.64. The van der Waals surface area contributed by atoms with Crippen LogP contribution in [0.25, 0.3) is 11.5 Å². The second-order valence-electron chi connectivity index (χ2n) is 4.68. The lowest BCUT2D eigenvalue weighted by Gasteiger charge is -2.03. The molecular weight excluding hydrogens is 269 g/mol. The summed E-state index contributed by atoms with van der Waals surface area (Å²) < 4.78 is 18.7. The van der Waals surface area contributed by atoms with Crippen molar-refractivity contribution in [3.63, 3.8) is 0 Å². The maximum Gasteiger partial charge on any atom is 0.248 e. The van der Waals surface area contributed by atoms with Gasteiger partial charge in [-0.05, 0) is 36.8 Å². The molecule has 4 nitrogen and oxygen atoms in total. The van der Waals surface area contributed by atoms with Gasteiger partial charge in [0.25, 0.3) is 0 Å². The van der Waals surface area contributed by atoms with Crippen LogP contribution in [-0.4, -0.2) is 10.2 Å². The van der Waals surface area contributed by atoms with Gasteiger partial charge >= 0.3 is 0 Å². The lowest BCUT2D eigenvalue weighted by Crippen LogP contribution is -1.99. The topological polar surface area (TPSA) is 51.0 Å². The van der Waals surface area contributed by atoms with E-state index in [0.717, 1.165) is 11.1 Å². The van der Waals surface area contributed by atoms with E-state index in [1.807, 2.05) is 31.2 Å². The van der Waals surface area contributed by atoms with Gasteiger partial charge in [0.05, 0.1) is 6.54 Å². The van der Waals surface area contributed by atoms with Crippen LogP contribution in [0, 0.1) is 12.7 Å². The molecule has 0 amide bonds. The van der Waals surface area contributed by atoms with Crippen molar-refractivity contribution < 1.29 is 8.81 Å². The van der Waals surface area contributed by atoms with Crippen LogP contribution >= 0.6 is 0 Å². The summed E-state index contributed by atoms with van der Waals surface area (Å²) >= 11 is 0. The van der Waals surface area contributed by atoms with Crippen molar-refractivity contribution in [2.24, 2.45) is 0 Å². The summed E-state index contributed by atoms with van der Waals surface area (Å²) in [6.45, 7) is 2.34. The second kappa shape index (κ2) is 5.75. The largest absolute Gasteiger partial charge is 0.419 e. The molecule has 0 atom stereocenters. The Bertz CT molecular complexity index is 755. The van der Waals surface area contributed by atoms with E-state index in [-0.39, 0.29) is 5.82 Å². The first-order valence-corrected chi connectivity index (χ1v) is 6.60. The highest BCUT2D eigenvalue weighted by Crippen LogP contribution is 2.21. The maximum atomic E-state index is 13.1. The van der Waals surface area contributed by atoms with Crippen molar-refractivity contribution in [1.82, 2.24) is 10.2 Å². The summed E-state index contributed by atoms with van der Waals surface area (Å²) in [6, 6.07) is 14.0. The van der Waals surface area contributed by atoms with Gasteiger partial charge in [-0.15, -0.1) is 10.2 Å². The quantitative estimate of drug-likeness (QED) is 0.791. The number of benzene rings is 2. The summed E-state index contributed by atoms with van der Waals surface area (Å²) in [7, 11) is 0. The second-order valence-corrected chi connectivity index (χ2v) is 4.68. The molecule has 3 rings (SSSR count). The van der Waals surface area contributed by atoms with Crippen LogP contribution in [0.4, 0.5) is 10.1 Å². The molecule has 0 aliphatic heterocycles. The average molecular weight is 283 g/mol. The standard InChI is InChI=1S/C16H14FN3O/c1-11-5-2-3-8-14(11)16-20-19-15(21-16)10-18-13-7-4-6-12(17)9-13/h2-9,18H,10H2,1H3. The number of nitrogens with one attached hydrogen (secondary N) is 1. The van der Waals surface area contributed by atoms with Crippen molar-refractivity contribution in [2.45, 2.75) is 13.5 Å². The van der Waals surface area contributed by atoms with Crippen molar-refractivity contribution in [3.8, 4) is 11.5 Å². The SMILES string of the molecule is Cc1ccccc1-c1nnc(CNc2cccc(F)c2)o1. The zero-order valence-electron chi connectivity index (χ0n) is 11.5. The number of rotatable bonds is 4. The molecule has 0 saturated carbocycles. The molecule has 1 aromatic heterocycles. The minimum atomic E-state index is -0.286. The Morgan fingerprint density at radius 2 is 1.95 bits per heavy atom. The molecular formula is C16H14FN3O. The third kappa shape index (κ3) is 3.08. The molecule has 0 aliphatic carbocycles. The molecule has 0 aliphatic rings. The Hall–Kier alpha value is -2.69. The van der Waals surface area contributed by atoms with Gasteiger partial charge in [-0.2, -0.15) is 0 Å². The van der Waals surface area contributed by atoms with Crippen molar-refractivity contribution in [3.05, 3.63) is 65.8 Å². The molecule has 0 saturated heterocycles. The Balaban J connectivity index is 1.72. The first-order chi connectivity index (χ1) is 10.2. The molecule has 1 N–H and O–H groups in total. The Morgan fingerprint density at radius 1 is 1.10 bits per heavy atom. The van der Waals surface area contributed by atoms with E-state index in [0.29, 0.717) is 24.0 Å². The first-order valence-electron chi connectivity index (χ1n) is 6.60. The van der Waals surface area contributed by atoms with Gasteiger partial charge in [0.1, 0.15) is 5.82 Å². The number of nitrogens with zero attached hydrogens (tertiary/aromatic N) is 2. The van der Waals surface area contributed by atoms with E-state index in [4.69, 9.17) is 4.42 Å². The number of anilines is 1. The van der Waals surface area contributed by atoms with Crippen LogP contribution in [0.15, 0.2) is 52.9 Å². The van der Waals surface area contributed by atoms with Gasteiger partial charge < -0.3 is 9.73 Å². The minimum Gasteiger partial charge on any atom is -0.419 e. The monoisotopic (exact) mass is 283 g/mol. The van der Waals surface area contributed by atoms with Gasteiger partial charge in [-0.3, -0.25) is 0 Å². The lowest BCUT2D eigenvalue weighted by molar-refractivity contribution is 0.514. The van der Waals surface area contributed by atoms with Crippen LogP contribution in [-0.2, 0) is 6.54 Å². The van der Waals surface area contributed by atoms with Crippen molar-refractivity contribution in [2.75, 3.05) is 5.32 Å². The zero-order chi connectivity index (χ0) is 14.7. The Labute approximate surface area is 121 Å². The van der Waals surface area contributed by atoms with Gasteiger partial charge in [0.15, 0.2) is 0 Å². The van der Waals surface area contributed by atoms with Crippen LogP contribution < -0.4 is 5.32 Å². The van der Waals surface area contributed by atoms with E-state index in [9.17, 15) is 4.39 Å². The molecule has 0 radical (unpaired) electrons. The summed E-state index contributed by atoms with van der Waals surface area (Å²) in [5, 5.41) is 11.1. The summed E-state index contributed by atoms with van der Waals surface area (Å²) in [5.41, 5.74) is 2.67. The fourth-order valence-corrected chi connectivity index (χ4v) is 2.02. The Morgan fingerprint density at radius 3 is 2.76 bits per heavy atom. The van der Waals surface area contributed by atoms with Crippen LogP contribution in [0.5, 0.6) is 0 Å². The van der Waals surface area contributed by atoms with E-state index >= 15 is 0 Å². The van der Waals surface area contributed by atoms with Crippen LogP contribution in [0.1, 0.15) is 11.5 Å². The highest BCUT2D eigenvalue weighted by Gasteiger charge is 2.10. The average Bonchev–Trinajstić information content (AvgIpc) is 2.94. The van der Waals surface area contributed by atoms with E-state index < -0.39 is 0 Å². The third-order valence-electron chi connectivity index (χ3n) is 3.11. The molecule has 0 fully saturated rings. The van der Waals surface area contributed by atoms with Gasteiger partial charge in [-0.25, -0.2) is 4.39 Å². The smallest absolute Gasteiger partial charge is 0.248 e. The molecule has 0 bridgehead atoms. The molecule has 106 valence electrons. The third-order valence-corrected chi connectivity index (χ3v) is 3.11. The number of aryl methyl sites for hydroxylation is 1. The van der Waals surface area contributed by atoms with E-state index in [1.165, 1.54) is 12.1 Å². The zero-order valence-corrected chi connectivity index (χ0v) is 11.5. The minimum absolute atomic E-state index is 0.286. The predicted molar refractivity (Wildman–Crippen MR) is 78.2 cm³/mol. The molecule has 21 heavy (non-hydrogen) atoms. The number of hydrogen-bond acceptors (Lipinski definition) is 4. The normalized spacial score (nSPS) is 10.6. The number of halogens is 1. The molecule has 0 unspecified atom stereocenters. The van der Waals surface area contributed by atoms with Gasteiger partial charge in [-0.1, -0.05) is 24.3 Å². The molecule has 0 spiro atoms. The number of aromatic nitrogens is 2. The molecule has 1 heterocycles. The van der Waals surface area contributed by atoms with Crippen LogP contribution in [0.3, 0.4) is 0 Å². The highest BCUT2D eigenvalue weighted by molar-refractivity contribution is 5.57. The van der Waals surface area contributed by atoms with E-state index in [1.54, 1.807) is 12.1 Å². The van der Waals surface area contributed by atoms with Crippen molar-refractivity contribution >= 4 is 5.69 Å². The summed E-state index contributed by atoms with van der Waals surface area (Å²) in [5.74, 6) is 0.660. The first kappa shape index (κ1) is 13.3. The summed E-state index contributed by atoms with van der Waals surface area (Å²) in [6.07, 6.45) is 0. The van der Waals surface area contributed by atoms with E-state index in [2.05, 4.69) is 15.5 Å².